The second-order valence-corrected chi connectivity index (χ2v) is 5.41. The third-order valence-corrected chi connectivity index (χ3v) is 3.39. The van der Waals surface area contributed by atoms with Crippen LogP contribution in [0.4, 0.5) is 5.69 Å². The van der Waals surface area contributed by atoms with E-state index in [1.54, 1.807) is 31.1 Å². The van der Waals surface area contributed by atoms with Crippen LogP contribution in [-0.4, -0.2) is 24.3 Å². The second-order valence-electron chi connectivity index (χ2n) is 4.43. The van der Waals surface area contributed by atoms with Gasteiger partial charge in [-0.2, -0.15) is 0 Å². The van der Waals surface area contributed by atoms with Gasteiger partial charge < -0.3 is 0 Å². The Kier molecular flexibility index (Phi) is 5.07. The standard InChI is InChI=1S/C14H15NO3.W/c1-6-7-8(2)10(9(3)16)11-12(15(4)5)14(18)13(11)17;/h1,6-7,10H,2H2,3-5H3;/b7-6-;. The summed E-state index contributed by atoms with van der Waals surface area (Å²) in [6.45, 7) is 5.24. The molecule has 4 nitrogen and oxygen atoms in total. The van der Waals surface area contributed by atoms with Gasteiger partial charge in [0, 0.05) is 0 Å². The van der Waals surface area contributed by atoms with E-state index in [1.807, 2.05) is 4.40 Å². The first-order valence-corrected chi connectivity index (χ1v) is 7.33. The Morgan fingerprint density at radius 2 is 1.89 bits per heavy atom. The molecule has 19 heavy (non-hydrogen) atoms. The van der Waals surface area contributed by atoms with E-state index >= 15 is 0 Å². The molecule has 0 amide bonds. The number of hydrogen-bond acceptors (Lipinski definition) is 4. The van der Waals surface area contributed by atoms with Gasteiger partial charge in [-0.15, -0.1) is 0 Å². The fraction of sp³-hybridized carbons (Fsp3) is 0.286. The molecule has 0 saturated heterocycles. The third kappa shape index (κ3) is 2.95. The van der Waals surface area contributed by atoms with Crippen molar-refractivity contribution >= 4 is 15.9 Å². The van der Waals surface area contributed by atoms with Crippen molar-refractivity contribution in [1.82, 2.24) is 0 Å². The number of carbonyl (C=O) groups is 1. The van der Waals surface area contributed by atoms with Crippen molar-refractivity contribution in [3.8, 4) is 0 Å². The molecule has 5 heteroatoms. The molecule has 1 unspecified atom stereocenters. The maximum absolute atomic E-state index is 11.8. The minimum absolute atomic E-state index is 0.187. The average molecular weight is 429 g/mol. The van der Waals surface area contributed by atoms with Crippen LogP contribution < -0.4 is 15.8 Å². The van der Waals surface area contributed by atoms with Crippen LogP contribution in [0.1, 0.15) is 18.4 Å². The first-order valence-electron chi connectivity index (χ1n) is 5.64. The Morgan fingerprint density at radius 1 is 1.32 bits per heavy atom. The van der Waals surface area contributed by atoms with Gasteiger partial charge in [-0.25, -0.2) is 0 Å². The summed E-state index contributed by atoms with van der Waals surface area (Å²) in [5.41, 5.74) is -0.00858. The van der Waals surface area contributed by atoms with Crippen molar-refractivity contribution in [2.24, 2.45) is 0 Å². The Morgan fingerprint density at radius 3 is 2.32 bits per heavy atom. The van der Waals surface area contributed by atoms with Crippen LogP contribution in [0.3, 0.4) is 0 Å². The normalized spacial score (nSPS) is 12.6. The molecule has 0 aromatic heterocycles. The van der Waals surface area contributed by atoms with E-state index in [0.29, 0.717) is 11.3 Å². The summed E-state index contributed by atoms with van der Waals surface area (Å²) in [5, 5.41) is 0. The Bertz CT molecular complexity index is 633. The molecule has 0 aliphatic rings. The fourth-order valence-electron chi connectivity index (χ4n) is 2.02. The summed E-state index contributed by atoms with van der Waals surface area (Å²) in [6, 6.07) is 0. The number of hydrogen-bond donors (Lipinski definition) is 0. The summed E-state index contributed by atoms with van der Waals surface area (Å²) in [4.78, 5) is 36.7. The summed E-state index contributed by atoms with van der Waals surface area (Å²) < 4.78 is 1.89. The van der Waals surface area contributed by atoms with E-state index in [9.17, 15) is 14.4 Å². The van der Waals surface area contributed by atoms with Crippen LogP contribution in [0.15, 0.2) is 33.9 Å². The summed E-state index contributed by atoms with van der Waals surface area (Å²) in [7, 11) is 3.36. The van der Waals surface area contributed by atoms with Crippen molar-refractivity contribution in [1.29, 1.82) is 0 Å². The summed E-state index contributed by atoms with van der Waals surface area (Å²) in [5.74, 6) is -0.915. The number of allylic oxidation sites excluding steroid dienone is 3. The molecule has 0 fully saturated rings. The van der Waals surface area contributed by atoms with Crippen molar-refractivity contribution < 1.29 is 24.1 Å². The Balaban J connectivity index is 3.34. The van der Waals surface area contributed by atoms with Gasteiger partial charge in [0.2, 0.25) is 0 Å². The SMILES string of the molecule is C=C(/C=C\[CH]=[W])C(C(C)=O)c1c(N(C)C)c(=O)c1=O. The average Bonchev–Trinajstić information content (AvgIpc) is 2.34. The molecular weight excluding hydrogens is 414 g/mol. The molecule has 1 rings (SSSR count). The van der Waals surface area contributed by atoms with Crippen LogP contribution >= 0.6 is 0 Å². The van der Waals surface area contributed by atoms with Gasteiger partial charge >= 0.3 is 122 Å². The van der Waals surface area contributed by atoms with Crippen LogP contribution in [0, 0.1) is 0 Å². The van der Waals surface area contributed by atoms with Crippen LogP contribution in [-0.2, 0) is 24.1 Å². The van der Waals surface area contributed by atoms with Gasteiger partial charge in [0.05, 0.1) is 0 Å². The topological polar surface area (TPSA) is 54.5 Å². The van der Waals surface area contributed by atoms with Gasteiger partial charge in [0.1, 0.15) is 0 Å². The number of ketones is 1. The zero-order valence-electron chi connectivity index (χ0n) is 11.1. The zero-order chi connectivity index (χ0) is 14.7. The van der Waals surface area contributed by atoms with Crippen molar-refractivity contribution in [3.05, 3.63) is 50.3 Å². The number of nitrogens with zero attached hydrogens (tertiary/aromatic N) is 1. The zero-order valence-corrected chi connectivity index (χ0v) is 14.0. The summed E-state index contributed by atoms with van der Waals surface area (Å²) in [6.07, 6.45) is 3.49. The molecule has 0 radical (unpaired) electrons. The van der Waals surface area contributed by atoms with Crippen LogP contribution in [0.2, 0.25) is 0 Å². The van der Waals surface area contributed by atoms with E-state index in [2.05, 4.69) is 6.58 Å². The number of rotatable bonds is 6. The van der Waals surface area contributed by atoms with Gasteiger partial charge in [0.25, 0.3) is 0 Å². The molecule has 1 aromatic rings. The molecule has 0 aliphatic carbocycles. The first-order chi connectivity index (χ1) is 8.82. The van der Waals surface area contributed by atoms with Gasteiger partial charge in [0.15, 0.2) is 0 Å². The molecule has 1 aromatic carbocycles. The quantitative estimate of drug-likeness (QED) is 0.488. The van der Waals surface area contributed by atoms with Gasteiger partial charge in [-0.05, 0) is 0 Å². The predicted molar refractivity (Wildman–Crippen MR) is 73.4 cm³/mol. The minimum atomic E-state index is -0.728. The van der Waals surface area contributed by atoms with Crippen molar-refractivity contribution in [3.63, 3.8) is 0 Å². The van der Waals surface area contributed by atoms with Crippen LogP contribution in [0.5, 0.6) is 0 Å². The molecule has 1 atom stereocenters. The van der Waals surface area contributed by atoms with E-state index in [-0.39, 0.29) is 11.3 Å². The number of carbonyl (C=O) groups excluding carboxylic acids is 1. The molecule has 0 aliphatic heterocycles. The first kappa shape index (κ1) is 15.6. The fourth-order valence-corrected chi connectivity index (χ4v) is 2.30. The van der Waals surface area contributed by atoms with E-state index in [0.717, 1.165) is 0 Å². The molecule has 100 valence electrons. The van der Waals surface area contributed by atoms with E-state index in [1.165, 1.54) is 26.3 Å². The second kappa shape index (κ2) is 6.16. The molecule has 0 heterocycles. The Labute approximate surface area is 122 Å². The molecular formula is C14H15NO3W. The van der Waals surface area contributed by atoms with E-state index < -0.39 is 16.8 Å². The molecule has 0 saturated carbocycles. The van der Waals surface area contributed by atoms with E-state index in [4.69, 9.17) is 0 Å². The van der Waals surface area contributed by atoms with Crippen LogP contribution in [0.25, 0.3) is 0 Å². The number of anilines is 1. The molecule has 0 N–H and O–H groups in total. The van der Waals surface area contributed by atoms with Crippen molar-refractivity contribution in [2.45, 2.75) is 12.8 Å². The summed E-state index contributed by atoms with van der Waals surface area (Å²) >= 11 is 1.28. The van der Waals surface area contributed by atoms with Gasteiger partial charge in [-0.1, -0.05) is 0 Å². The maximum atomic E-state index is 11.8. The monoisotopic (exact) mass is 429 g/mol. The van der Waals surface area contributed by atoms with Gasteiger partial charge in [-0.3, -0.25) is 0 Å². The number of Topliss-reactive ketones (excluding diaryl/α,β-unsaturated/α-hetero) is 1. The molecule has 0 spiro atoms. The Hall–Kier alpha value is -1.41. The third-order valence-electron chi connectivity index (χ3n) is 2.82. The van der Waals surface area contributed by atoms with Crippen molar-refractivity contribution in [2.75, 3.05) is 19.0 Å². The predicted octanol–water partition coefficient (Wildman–Crippen LogP) is 0.483. The molecule has 0 bridgehead atoms.